The maximum atomic E-state index is 13.4. The maximum Gasteiger partial charge on any atom is 0.259 e. The number of carbonyl (C=O) groups excluding carboxylic acids is 1. The summed E-state index contributed by atoms with van der Waals surface area (Å²) in [7, 11) is 3.21. The van der Waals surface area contributed by atoms with E-state index in [9.17, 15) is 13.6 Å². The second kappa shape index (κ2) is 4.69. The molecule has 1 amide bonds. The summed E-state index contributed by atoms with van der Waals surface area (Å²) < 4.78 is 33.1. The van der Waals surface area contributed by atoms with E-state index >= 15 is 0 Å². The summed E-state index contributed by atoms with van der Waals surface area (Å²) in [6, 6.07) is 3.40. The van der Waals surface area contributed by atoms with Crippen molar-refractivity contribution in [1.29, 1.82) is 0 Å². The molecule has 0 bridgehead atoms. The molecule has 3 rings (SSSR count). The van der Waals surface area contributed by atoms with Crippen LogP contribution < -0.4 is 10.6 Å². The summed E-state index contributed by atoms with van der Waals surface area (Å²) in [6.45, 7) is 0. The van der Waals surface area contributed by atoms with Gasteiger partial charge in [0, 0.05) is 36.4 Å². The van der Waals surface area contributed by atoms with Crippen molar-refractivity contribution in [2.24, 2.45) is 0 Å². The molecule has 2 aromatic rings. The Morgan fingerprint density at radius 2 is 2.10 bits per heavy atom. The predicted molar refractivity (Wildman–Crippen MR) is 79.2 cm³/mol. The van der Waals surface area contributed by atoms with Gasteiger partial charge in [0.25, 0.3) is 11.8 Å². The van der Waals surface area contributed by atoms with Crippen LogP contribution in [0.4, 0.5) is 14.5 Å². The summed E-state index contributed by atoms with van der Waals surface area (Å²) >= 11 is 3.38. The molecule has 0 radical (unpaired) electrons. The monoisotopic (exact) mass is 358 g/mol. The third-order valence-corrected chi connectivity index (χ3v) is 4.33. The lowest BCUT2D eigenvalue weighted by Crippen LogP contribution is -2.19. The van der Waals surface area contributed by atoms with Crippen molar-refractivity contribution in [3.05, 3.63) is 27.9 Å². The quantitative estimate of drug-likeness (QED) is 0.878. The highest BCUT2D eigenvalue weighted by Gasteiger charge is 2.60. The molecule has 1 fully saturated rings. The molecule has 1 saturated carbocycles. The molecule has 1 aliphatic rings. The number of furan rings is 1. The molecule has 1 aliphatic carbocycles. The van der Waals surface area contributed by atoms with Crippen LogP contribution in [0.2, 0.25) is 0 Å². The summed E-state index contributed by atoms with van der Waals surface area (Å²) in [5.41, 5.74) is 1.37. The fourth-order valence-electron chi connectivity index (χ4n) is 2.43. The molecule has 7 heteroatoms. The first-order chi connectivity index (χ1) is 9.89. The average molecular weight is 359 g/mol. The first kappa shape index (κ1) is 14.3. The van der Waals surface area contributed by atoms with Crippen molar-refractivity contribution in [2.75, 3.05) is 19.4 Å². The Hall–Kier alpha value is -1.63. The number of benzene rings is 1. The van der Waals surface area contributed by atoms with Gasteiger partial charge in [0.05, 0.1) is 17.2 Å². The Kier molecular flexibility index (Phi) is 3.20. The number of amides is 1. The normalized spacial score (nSPS) is 19.6. The molecule has 0 saturated heterocycles. The van der Waals surface area contributed by atoms with E-state index in [-0.39, 0.29) is 17.7 Å². The molecule has 4 nitrogen and oxygen atoms in total. The number of hydrogen-bond acceptors (Lipinski definition) is 3. The Morgan fingerprint density at radius 3 is 2.62 bits per heavy atom. The first-order valence-electron chi connectivity index (χ1n) is 6.42. The van der Waals surface area contributed by atoms with Gasteiger partial charge in [0.15, 0.2) is 0 Å². The van der Waals surface area contributed by atoms with Crippen LogP contribution in [0.5, 0.6) is 0 Å². The summed E-state index contributed by atoms with van der Waals surface area (Å²) in [5, 5.41) is 5.97. The maximum absolute atomic E-state index is 13.4. The molecule has 1 atom stereocenters. The van der Waals surface area contributed by atoms with Gasteiger partial charge in [-0.2, -0.15) is 0 Å². The zero-order valence-corrected chi connectivity index (χ0v) is 13.0. The van der Waals surface area contributed by atoms with Crippen LogP contribution in [0, 0.1) is 0 Å². The van der Waals surface area contributed by atoms with Crippen molar-refractivity contribution < 1.29 is 18.0 Å². The Morgan fingerprint density at radius 1 is 1.43 bits per heavy atom. The fraction of sp³-hybridized carbons (Fsp3) is 0.357. The molecular weight excluding hydrogens is 346 g/mol. The van der Waals surface area contributed by atoms with Gasteiger partial charge in [-0.1, -0.05) is 0 Å². The number of rotatable bonds is 3. The smallest absolute Gasteiger partial charge is 0.259 e. The van der Waals surface area contributed by atoms with Crippen molar-refractivity contribution in [3.63, 3.8) is 0 Å². The molecule has 1 unspecified atom stereocenters. The zero-order valence-electron chi connectivity index (χ0n) is 11.4. The molecule has 112 valence electrons. The lowest BCUT2D eigenvalue weighted by atomic mass is 10.1. The van der Waals surface area contributed by atoms with Gasteiger partial charge in [-0.25, -0.2) is 8.78 Å². The van der Waals surface area contributed by atoms with Crippen LogP contribution in [0.3, 0.4) is 0 Å². The minimum absolute atomic E-state index is 0.0644. The van der Waals surface area contributed by atoms with Crippen LogP contribution in [-0.2, 0) is 0 Å². The van der Waals surface area contributed by atoms with E-state index in [4.69, 9.17) is 4.42 Å². The van der Waals surface area contributed by atoms with Crippen molar-refractivity contribution in [3.8, 4) is 0 Å². The number of nitrogens with one attached hydrogen (secondary N) is 2. The predicted octanol–water partition coefficient (Wildman–Crippen LogP) is 3.72. The minimum atomic E-state index is -2.79. The Labute approximate surface area is 128 Å². The molecule has 2 N–H and O–H groups in total. The molecular formula is C14H13BrF2N2O2. The Bertz CT molecular complexity index is 742. The second-order valence-electron chi connectivity index (χ2n) is 5.02. The number of fused-ring (bicyclic) bond motifs is 1. The molecule has 0 spiro atoms. The standard InChI is InChI=1S/C14H13BrF2N2O2/c1-18-9-4-10-6(3-8(9)15)11(13(20)19-2)12(21-10)7-5-14(7,16)17/h3-4,7,18H,5H2,1-2H3,(H,19,20). The van der Waals surface area contributed by atoms with Crippen LogP contribution in [0.15, 0.2) is 21.0 Å². The largest absolute Gasteiger partial charge is 0.460 e. The molecule has 1 aromatic heterocycles. The van der Waals surface area contributed by atoms with Gasteiger partial charge in [0.2, 0.25) is 0 Å². The first-order valence-corrected chi connectivity index (χ1v) is 7.22. The lowest BCUT2D eigenvalue weighted by molar-refractivity contribution is 0.0957. The van der Waals surface area contributed by atoms with Gasteiger partial charge in [-0.15, -0.1) is 0 Å². The van der Waals surface area contributed by atoms with Gasteiger partial charge in [-0.05, 0) is 22.0 Å². The third kappa shape index (κ3) is 2.19. The van der Waals surface area contributed by atoms with Gasteiger partial charge < -0.3 is 15.1 Å². The minimum Gasteiger partial charge on any atom is -0.460 e. The average Bonchev–Trinajstić information content (AvgIpc) is 2.93. The van der Waals surface area contributed by atoms with Gasteiger partial charge in [-0.3, -0.25) is 4.79 Å². The fourth-order valence-corrected chi connectivity index (χ4v) is 2.97. The SMILES string of the molecule is CNC(=O)c1c(C2CC2(F)F)oc2cc(NC)c(Br)cc12. The van der Waals surface area contributed by atoms with E-state index in [2.05, 4.69) is 26.6 Å². The van der Waals surface area contributed by atoms with E-state index in [1.807, 2.05) is 0 Å². The number of hydrogen-bond donors (Lipinski definition) is 2. The van der Waals surface area contributed by atoms with Crippen LogP contribution in [-0.4, -0.2) is 25.9 Å². The van der Waals surface area contributed by atoms with Crippen LogP contribution in [0.25, 0.3) is 11.0 Å². The van der Waals surface area contributed by atoms with Crippen LogP contribution in [0.1, 0.15) is 28.5 Å². The van der Waals surface area contributed by atoms with Crippen molar-refractivity contribution >= 4 is 38.5 Å². The van der Waals surface area contributed by atoms with E-state index in [0.29, 0.717) is 11.0 Å². The highest BCUT2D eigenvalue weighted by molar-refractivity contribution is 9.10. The highest BCUT2D eigenvalue weighted by atomic mass is 79.9. The molecule has 21 heavy (non-hydrogen) atoms. The number of anilines is 1. The molecule has 0 aliphatic heterocycles. The van der Waals surface area contributed by atoms with E-state index in [0.717, 1.165) is 10.2 Å². The molecule has 1 aromatic carbocycles. The topological polar surface area (TPSA) is 54.3 Å². The summed E-state index contributed by atoms with van der Waals surface area (Å²) in [4.78, 5) is 12.1. The zero-order chi connectivity index (χ0) is 15.4. The number of halogens is 3. The van der Waals surface area contributed by atoms with Crippen molar-refractivity contribution in [1.82, 2.24) is 5.32 Å². The van der Waals surface area contributed by atoms with E-state index in [1.165, 1.54) is 7.05 Å². The third-order valence-electron chi connectivity index (χ3n) is 3.67. The number of carbonyl (C=O) groups is 1. The highest BCUT2D eigenvalue weighted by Crippen LogP contribution is 2.57. The Balaban J connectivity index is 2.24. The van der Waals surface area contributed by atoms with E-state index < -0.39 is 17.7 Å². The summed E-state index contributed by atoms with van der Waals surface area (Å²) in [5.74, 6) is -4.17. The second-order valence-corrected chi connectivity index (χ2v) is 5.87. The summed E-state index contributed by atoms with van der Waals surface area (Å²) in [6.07, 6.45) is -0.281. The van der Waals surface area contributed by atoms with Crippen molar-refractivity contribution in [2.45, 2.75) is 18.3 Å². The van der Waals surface area contributed by atoms with Gasteiger partial charge >= 0.3 is 0 Å². The lowest BCUT2D eigenvalue weighted by Gasteiger charge is -2.03. The van der Waals surface area contributed by atoms with E-state index in [1.54, 1.807) is 19.2 Å². The van der Waals surface area contributed by atoms with Crippen LogP contribution >= 0.6 is 15.9 Å². The van der Waals surface area contributed by atoms with Gasteiger partial charge in [0.1, 0.15) is 11.3 Å². The number of alkyl halides is 2. The molecule has 1 heterocycles.